The molecule has 0 spiro atoms. The Morgan fingerprint density at radius 3 is 1.73 bits per heavy atom. The zero-order valence-corrected chi connectivity index (χ0v) is 18.0. The molecule has 3 rings (SSSR count). The Hall–Kier alpha value is -3.54. The van der Waals surface area contributed by atoms with E-state index in [4.69, 9.17) is 28.4 Å². The van der Waals surface area contributed by atoms with Crippen LogP contribution in [-0.4, -0.2) is 42.7 Å². The summed E-state index contributed by atoms with van der Waals surface area (Å²) in [6, 6.07) is 16.3. The molecule has 0 aliphatic heterocycles. The SMILES string of the molecule is COc1ccc(-c2[c]ccc(OC)c2-c2cc(OC)c(OC)cc2OC)c(OC)c1. The van der Waals surface area contributed by atoms with Crippen molar-refractivity contribution in [3.63, 3.8) is 0 Å². The van der Waals surface area contributed by atoms with Gasteiger partial charge in [-0.05, 0) is 30.3 Å². The average Bonchev–Trinajstić information content (AvgIpc) is 2.81. The summed E-state index contributed by atoms with van der Waals surface area (Å²) in [7, 11) is 9.65. The second-order valence-electron chi connectivity index (χ2n) is 6.27. The van der Waals surface area contributed by atoms with E-state index in [0.717, 1.165) is 22.3 Å². The van der Waals surface area contributed by atoms with Gasteiger partial charge in [-0.25, -0.2) is 0 Å². The van der Waals surface area contributed by atoms with Gasteiger partial charge in [0.25, 0.3) is 0 Å². The average molecular weight is 409 g/mol. The minimum atomic E-state index is 0.570. The molecule has 0 amide bonds. The predicted molar refractivity (Wildman–Crippen MR) is 115 cm³/mol. The highest BCUT2D eigenvalue weighted by molar-refractivity contribution is 5.92. The number of ether oxygens (including phenoxy) is 6. The van der Waals surface area contributed by atoms with Gasteiger partial charge < -0.3 is 28.4 Å². The Labute approximate surface area is 176 Å². The lowest BCUT2D eigenvalue weighted by molar-refractivity contribution is 0.349. The van der Waals surface area contributed by atoms with Crippen LogP contribution >= 0.6 is 0 Å². The molecule has 0 atom stereocenters. The normalized spacial score (nSPS) is 10.3. The number of hydrogen-bond acceptors (Lipinski definition) is 6. The van der Waals surface area contributed by atoms with Crippen molar-refractivity contribution in [3.8, 4) is 56.8 Å². The number of hydrogen-bond donors (Lipinski definition) is 0. The van der Waals surface area contributed by atoms with Crippen LogP contribution in [0.4, 0.5) is 0 Å². The largest absolute Gasteiger partial charge is 0.497 e. The molecule has 0 fully saturated rings. The third kappa shape index (κ3) is 3.81. The zero-order chi connectivity index (χ0) is 21.7. The maximum atomic E-state index is 5.70. The highest BCUT2D eigenvalue weighted by atomic mass is 16.5. The van der Waals surface area contributed by atoms with Crippen molar-refractivity contribution >= 4 is 0 Å². The molecule has 157 valence electrons. The van der Waals surface area contributed by atoms with Crippen molar-refractivity contribution in [2.24, 2.45) is 0 Å². The van der Waals surface area contributed by atoms with Crippen LogP contribution in [0.15, 0.2) is 42.5 Å². The molecule has 0 aliphatic rings. The lowest BCUT2D eigenvalue weighted by Crippen LogP contribution is -1.99. The van der Waals surface area contributed by atoms with E-state index in [1.807, 2.05) is 36.4 Å². The monoisotopic (exact) mass is 409 g/mol. The lowest BCUT2D eigenvalue weighted by atomic mass is 9.92. The Balaban J connectivity index is 2.35. The van der Waals surface area contributed by atoms with Gasteiger partial charge in [-0.2, -0.15) is 0 Å². The van der Waals surface area contributed by atoms with Crippen LogP contribution in [0.25, 0.3) is 22.3 Å². The van der Waals surface area contributed by atoms with Gasteiger partial charge >= 0.3 is 0 Å². The van der Waals surface area contributed by atoms with Crippen molar-refractivity contribution in [2.45, 2.75) is 0 Å². The summed E-state index contributed by atoms with van der Waals surface area (Å²) in [4.78, 5) is 0. The second kappa shape index (κ2) is 9.31. The molecule has 1 radical (unpaired) electrons. The van der Waals surface area contributed by atoms with Crippen LogP contribution in [-0.2, 0) is 0 Å². The molecular formula is C24H25O6. The van der Waals surface area contributed by atoms with Gasteiger partial charge in [-0.15, -0.1) is 0 Å². The van der Waals surface area contributed by atoms with Crippen molar-refractivity contribution in [1.29, 1.82) is 0 Å². The smallest absolute Gasteiger partial charge is 0.164 e. The second-order valence-corrected chi connectivity index (χ2v) is 6.27. The highest BCUT2D eigenvalue weighted by Crippen LogP contribution is 2.48. The Morgan fingerprint density at radius 1 is 0.533 bits per heavy atom. The quantitative estimate of drug-likeness (QED) is 0.529. The molecule has 6 nitrogen and oxygen atoms in total. The van der Waals surface area contributed by atoms with Gasteiger partial charge in [0.05, 0.1) is 42.7 Å². The Morgan fingerprint density at radius 2 is 1.13 bits per heavy atom. The van der Waals surface area contributed by atoms with E-state index >= 15 is 0 Å². The fraction of sp³-hybridized carbons (Fsp3) is 0.250. The molecule has 0 aromatic heterocycles. The molecular weight excluding hydrogens is 384 g/mol. The van der Waals surface area contributed by atoms with E-state index in [1.165, 1.54) is 0 Å². The first-order chi connectivity index (χ1) is 14.6. The number of benzene rings is 3. The van der Waals surface area contributed by atoms with E-state index in [-0.39, 0.29) is 0 Å². The van der Waals surface area contributed by atoms with Gasteiger partial charge in [0.2, 0.25) is 0 Å². The van der Waals surface area contributed by atoms with Crippen molar-refractivity contribution < 1.29 is 28.4 Å². The van der Waals surface area contributed by atoms with Crippen LogP contribution in [0.3, 0.4) is 0 Å². The first kappa shape index (κ1) is 21.2. The van der Waals surface area contributed by atoms with Crippen LogP contribution < -0.4 is 28.4 Å². The molecule has 0 N–H and O–H groups in total. The van der Waals surface area contributed by atoms with Crippen LogP contribution in [0.1, 0.15) is 0 Å². The third-order valence-electron chi connectivity index (χ3n) is 4.83. The molecule has 0 saturated heterocycles. The molecule has 3 aromatic carbocycles. The maximum absolute atomic E-state index is 5.70. The minimum absolute atomic E-state index is 0.570. The van der Waals surface area contributed by atoms with Gasteiger partial charge in [0.15, 0.2) is 11.5 Å². The van der Waals surface area contributed by atoms with E-state index < -0.39 is 0 Å². The first-order valence-electron chi connectivity index (χ1n) is 9.23. The maximum Gasteiger partial charge on any atom is 0.164 e. The lowest BCUT2D eigenvalue weighted by Gasteiger charge is -2.20. The Kier molecular flexibility index (Phi) is 6.57. The fourth-order valence-electron chi connectivity index (χ4n) is 3.36. The third-order valence-corrected chi connectivity index (χ3v) is 4.83. The number of methoxy groups -OCH3 is 6. The summed E-state index contributed by atoms with van der Waals surface area (Å²) >= 11 is 0. The summed E-state index contributed by atoms with van der Waals surface area (Å²) in [5.41, 5.74) is 3.20. The summed E-state index contributed by atoms with van der Waals surface area (Å²) in [6.07, 6.45) is 0. The summed E-state index contributed by atoms with van der Waals surface area (Å²) in [5.74, 6) is 3.77. The van der Waals surface area contributed by atoms with Crippen molar-refractivity contribution in [1.82, 2.24) is 0 Å². The van der Waals surface area contributed by atoms with Crippen LogP contribution in [0, 0.1) is 6.07 Å². The predicted octanol–water partition coefficient (Wildman–Crippen LogP) is 4.87. The molecule has 30 heavy (non-hydrogen) atoms. The molecule has 0 saturated carbocycles. The summed E-state index contributed by atoms with van der Waals surface area (Å²) < 4.78 is 33.3. The summed E-state index contributed by atoms with van der Waals surface area (Å²) in [5, 5.41) is 0. The Bertz CT molecular complexity index is 1030. The van der Waals surface area contributed by atoms with Crippen LogP contribution in [0.5, 0.6) is 34.5 Å². The van der Waals surface area contributed by atoms with E-state index in [0.29, 0.717) is 34.5 Å². The van der Waals surface area contributed by atoms with Gasteiger partial charge in [-0.3, -0.25) is 0 Å². The summed E-state index contributed by atoms with van der Waals surface area (Å²) in [6.45, 7) is 0. The number of rotatable bonds is 8. The standard InChI is InChI=1S/C24H25O6/c1-25-15-10-11-16(20(12-15)27-3)17-8-7-9-19(26-2)24(17)18-13-22(29-5)23(30-6)14-21(18)28-4/h7,9-14H,1-6H3. The van der Waals surface area contributed by atoms with E-state index in [2.05, 4.69) is 6.07 Å². The minimum Gasteiger partial charge on any atom is -0.497 e. The molecule has 0 unspecified atom stereocenters. The molecule has 0 heterocycles. The van der Waals surface area contributed by atoms with Gasteiger partial charge in [0.1, 0.15) is 23.0 Å². The van der Waals surface area contributed by atoms with E-state index in [9.17, 15) is 0 Å². The van der Waals surface area contributed by atoms with Crippen molar-refractivity contribution in [2.75, 3.05) is 42.7 Å². The zero-order valence-electron chi connectivity index (χ0n) is 18.0. The molecule has 0 aliphatic carbocycles. The highest BCUT2D eigenvalue weighted by Gasteiger charge is 2.22. The van der Waals surface area contributed by atoms with Crippen LogP contribution in [0.2, 0.25) is 0 Å². The molecule has 6 heteroatoms. The van der Waals surface area contributed by atoms with Crippen molar-refractivity contribution in [3.05, 3.63) is 48.5 Å². The molecule has 3 aromatic rings. The molecule has 0 bridgehead atoms. The fourth-order valence-corrected chi connectivity index (χ4v) is 3.36. The topological polar surface area (TPSA) is 55.4 Å². The van der Waals surface area contributed by atoms with Gasteiger partial charge in [0, 0.05) is 34.4 Å². The van der Waals surface area contributed by atoms with E-state index in [1.54, 1.807) is 48.7 Å². The van der Waals surface area contributed by atoms with Gasteiger partial charge in [-0.1, -0.05) is 6.07 Å². The first-order valence-corrected chi connectivity index (χ1v) is 9.23.